The second kappa shape index (κ2) is 6.58. The molecule has 0 aliphatic rings. The third kappa shape index (κ3) is 3.48. The quantitative estimate of drug-likeness (QED) is 0.836. The summed E-state index contributed by atoms with van der Waals surface area (Å²) < 4.78 is 7.30. The van der Waals surface area contributed by atoms with Gasteiger partial charge in [0.25, 0.3) is 5.56 Å². The van der Waals surface area contributed by atoms with Crippen LogP contribution in [0.1, 0.15) is 11.3 Å². The Labute approximate surface area is 117 Å². The van der Waals surface area contributed by atoms with Crippen molar-refractivity contribution in [2.75, 3.05) is 6.61 Å². The fraction of sp³-hybridized carbons (Fsp3) is 0.250. The first-order valence-electron chi connectivity index (χ1n) is 6.46. The summed E-state index contributed by atoms with van der Waals surface area (Å²) in [5, 5.41) is 8.59. The molecular weight excluding hydrogens is 252 g/mol. The van der Waals surface area contributed by atoms with Crippen LogP contribution in [-0.2, 0) is 13.0 Å². The molecular formula is C16H16N2O2. The zero-order valence-corrected chi connectivity index (χ0v) is 11.4. The number of hydrogen-bond donors (Lipinski definition) is 0. The van der Waals surface area contributed by atoms with Crippen molar-refractivity contribution in [3.63, 3.8) is 0 Å². The Bertz CT molecular complexity index is 666. The molecule has 0 spiro atoms. The number of benzene rings is 1. The van der Waals surface area contributed by atoms with E-state index >= 15 is 0 Å². The van der Waals surface area contributed by atoms with Crippen LogP contribution in [0.2, 0.25) is 0 Å². The smallest absolute Gasteiger partial charge is 0.250 e. The van der Waals surface area contributed by atoms with Crippen molar-refractivity contribution in [2.24, 2.45) is 0 Å². The maximum absolute atomic E-state index is 11.7. The lowest BCUT2D eigenvalue weighted by atomic mass is 10.2. The fourth-order valence-corrected chi connectivity index (χ4v) is 1.96. The molecule has 0 N–H and O–H groups in total. The van der Waals surface area contributed by atoms with Crippen LogP contribution in [0.5, 0.6) is 5.75 Å². The van der Waals surface area contributed by atoms with Crippen molar-refractivity contribution >= 4 is 0 Å². The number of nitriles is 1. The van der Waals surface area contributed by atoms with E-state index in [0.29, 0.717) is 19.6 Å². The van der Waals surface area contributed by atoms with E-state index in [1.807, 2.05) is 37.3 Å². The summed E-state index contributed by atoms with van der Waals surface area (Å²) in [5.74, 6) is 0.744. The van der Waals surface area contributed by atoms with Gasteiger partial charge in [0.2, 0.25) is 0 Å². The van der Waals surface area contributed by atoms with E-state index < -0.39 is 0 Å². The predicted octanol–water partition coefficient (Wildman–Crippen LogP) is 2.30. The van der Waals surface area contributed by atoms with Gasteiger partial charge in [-0.3, -0.25) is 4.79 Å². The number of aromatic nitrogens is 1. The number of hydrogen-bond acceptors (Lipinski definition) is 3. The Kier molecular flexibility index (Phi) is 4.56. The number of nitrogens with zero attached hydrogens (tertiary/aromatic N) is 2. The minimum absolute atomic E-state index is 0.0158. The molecule has 0 bridgehead atoms. The van der Waals surface area contributed by atoms with Crippen LogP contribution in [-0.4, -0.2) is 11.2 Å². The maximum atomic E-state index is 11.7. The predicted molar refractivity (Wildman–Crippen MR) is 76.7 cm³/mol. The van der Waals surface area contributed by atoms with E-state index in [2.05, 4.69) is 6.07 Å². The van der Waals surface area contributed by atoms with Crippen LogP contribution >= 0.6 is 0 Å². The van der Waals surface area contributed by atoms with Crippen molar-refractivity contribution in [1.29, 1.82) is 5.26 Å². The van der Waals surface area contributed by atoms with E-state index in [1.54, 1.807) is 16.7 Å². The van der Waals surface area contributed by atoms with Crippen LogP contribution in [0.15, 0.2) is 47.3 Å². The molecule has 1 heterocycles. The van der Waals surface area contributed by atoms with E-state index in [-0.39, 0.29) is 5.56 Å². The standard InChI is InChI=1S/C16H16N2O2/c1-13-3-2-4-16(19)18(13)11-12-20-15-7-5-14(6-8-15)9-10-17/h2-8H,9,11-12H2,1H3. The van der Waals surface area contributed by atoms with Gasteiger partial charge in [0.1, 0.15) is 12.4 Å². The lowest BCUT2D eigenvalue weighted by Gasteiger charge is -2.10. The molecule has 0 fully saturated rings. The lowest BCUT2D eigenvalue weighted by molar-refractivity contribution is 0.295. The molecule has 1 aromatic carbocycles. The Morgan fingerprint density at radius 2 is 1.95 bits per heavy atom. The van der Waals surface area contributed by atoms with Gasteiger partial charge in [-0.25, -0.2) is 0 Å². The summed E-state index contributed by atoms with van der Waals surface area (Å²) in [4.78, 5) is 11.7. The van der Waals surface area contributed by atoms with Crippen LogP contribution in [0.4, 0.5) is 0 Å². The monoisotopic (exact) mass is 268 g/mol. The second-order valence-corrected chi connectivity index (χ2v) is 4.48. The van der Waals surface area contributed by atoms with Gasteiger partial charge in [-0.05, 0) is 30.7 Å². The van der Waals surface area contributed by atoms with Crippen LogP contribution in [0.3, 0.4) is 0 Å². The summed E-state index contributed by atoms with van der Waals surface area (Å²) in [6.45, 7) is 2.85. The van der Waals surface area contributed by atoms with Crippen molar-refractivity contribution in [3.05, 3.63) is 64.1 Å². The van der Waals surface area contributed by atoms with E-state index in [4.69, 9.17) is 10.00 Å². The highest BCUT2D eigenvalue weighted by atomic mass is 16.5. The molecule has 0 unspecified atom stereocenters. The zero-order chi connectivity index (χ0) is 14.4. The summed E-state index contributed by atoms with van der Waals surface area (Å²) >= 11 is 0. The van der Waals surface area contributed by atoms with Gasteiger partial charge in [0.15, 0.2) is 0 Å². The van der Waals surface area contributed by atoms with Gasteiger partial charge >= 0.3 is 0 Å². The summed E-state index contributed by atoms with van der Waals surface area (Å²) in [6, 6.07) is 14.7. The van der Waals surface area contributed by atoms with Gasteiger partial charge in [0.05, 0.1) is 19.0 Å². The number of rotatable bonds is 5. The first-order valence-corrected chi connectivity index (χ1v) is 6.46. The van der Waals surface area contributed by atoms with Crippen LogP contribution in [0, 0.1) is 18.3 Å². The largest absolute Gasteiger partial charge is 0.492 e. The molecule has 4 nitrogen and oxygen atoms in total. The highest BCUT2D eigenvalue weighted by molar-refractivity contribution is 5.28. The van der Waals surface area contributed by atoms with Crippen molar-refractivity contribution in [2.45, 2.75) is 19.9 Å². The highest BCUT2D eigenvalue weighted by Crippen LogP contribution is 2.12. The Hall–Kier alpha value is -2.54. The third-order valence-electron chi connectivity index (χ3n) is 3.06. The minimum atomic E-state index is -0.0158. The molecule has 0 aliphatic heterocycles. The molecule has 0 amide bonds. The van der Waals surface area contributed by atoms with Crippen molar-refractivity contribution in [3.8, 4) is 11.8 Å². The number of aryl methyl sites for hydroxylation is 1. The Balaban J connectivity index is 1.93. The zero-order valence-electron chi connectivity index (χ0n) is 11.4. The normalized spacial score (nSPS) is 10.0. The van der Waals surface area contributed by atoms with Crippen molar-refractivity contribution < 1.29 is 4.74 Å². The van der Waals surface area contributed by atoms with Gasteiger partial charge < -0.3 is 9.30 Å². The molecule has 102 valence electrons. The van der Waals surface area contributed by atoms with Gasteiger partial charge in [-0.2, -0.15) is 5.26 Å². The topological polar surface area (TPSA) is 55.0 Å². The SMILES string of the molecule is Cc1cccc(=O)n1CCOc1ccc(CC#N)cc1. The molecule has 0 atom stereocenters. The van der Waals surface area contributed by atoms with E-state index in [9.17, 15) is 4.79 Å². The molecule has 0 saturated heterocycles. The van der Waals surface area contributed by atoms with Gasteiger partial charge in [-0.15, -0.1) is 0 Å². The number of ether oxygens (including phenoxy) is 1. The molecule has 2 aromatic rings. The second-order valence-electron chi connectivity index (χ2n) is 4.48. The first-order chi connectivity index (χ1) is 9.70. The average Bonchev–Trinajstić information content (AvgIpc) is 2.44. The average molecular weight is 268 g/mol. The highest BCUT2D eigenvalue weighted by Gasteiger charge is 2.00. The maximum Gasteiger partial charge on any atom is 0.250 e. The molecule has 20 heavy (non-hydrogen) atoms. The minimum Gasteiger partial charge on any atom is -0.492 e. The molecule has 0 aliphatic carbocycles. The summed E-state index contributed by atoms with van der Waals surface area (Å²) in [7, 11) is 0. The summed E-state index contributed by atoms with van der Waals surface area (Å²) in [5.41, 5.74) is 1.87. The van der Waals surface area contributed by atoms with E-state index in [1.165, 1.54) is 0 Å². The molecule has 0 radical (unpaired) electrons. The summed E-state index contributed by atoms with van der Waals surface area (Å²) in [6.07, 6.45) is 0.402. The van der Waals surface area contributed by atoms with Crippen LogP contribution in [0.25, 0.3) is 0 Å². The van der Waals surface area contributed by atoms with Crippen molar-refractivity contribution in [1.82, 2.24) is 4.57 Å². The number of pyridine rings is 1. The van der Waals surface area contributed by atoms with Gasteiger partial charge in [0, 0.05) is 11.8 Å². The van der Waals surface area contributed by atoms with Crippen LogP contribution < -0.4 is 10.3 Å². The molecule has 4 heteroatoms. The van der Waals surface area contributed by atoms with E-state index in [0.717, 1.165) is 17.0 Å². The molecule has 0 saturated carbocycles. The third-order valence-corrected chi connectivity index (χ3v) is 3.06. The molecule has 2 rings (SSSR count). The Morgan fingerprint density at radius 1 is 1.20 bits per heavy atom. The lowest BCUT2D eigenvalue weighted by Crippen LogP contribution is -2.23. The first kappa shape index (κ1) is 13.9. The fourth-order valence-electron chi connectivity index (χ4n) is 1.96. The Morgan fingerprint density at radius 3 is 2.60 bits per heavy atom. The molecule has 1 aromatic heterocycles. The van der Waals surface area contributed by atoms with Gasteiger partial charge in [-0.1, -0.05) is 18.2 Å².